The van der Waals surface area contributed by atoms with Crippen molar-refractivity contribution in [2.75, 3.05) is 6.61 Å². The van der Waals surface area contributed by atoms with Crippen LogP contribution in [0.1, 0.15) is 82.3 Å². The van der Waals surface area contributed by atoms with Crippen LogP contribution in [-0.2, 0) is 6.42 Å². The van der Waals surface area contributed by atoms with E-state index in [1.54, 1.807) is 0 Å². The maximum atomic E-state index is 9.14. The average molecular weight is 319 g/mol. The number of hydrogen-bond donors (Lipinski definition) is 2. The molecule has 1 rings (SSSR count). The van der Waals surface area contributed by atoms with Crippen molar-refractivity contribution in [2.24, 2.45) is 5.16 Å². The summed E-state index contributed by atoms with van der Waals surface area (Å²) in [5.74, 6) is 0. The standard InChI is InChI=1S/C20H33NO2/c1-2-3-4-5-6-7-8-9-10-11-13-18-14-12-15-19(16-18)20(17-22)21-23/h12,14-16,22-23H,2-11,13,17H2,1H3. The monoisotopic (exact) mass is 319 g/mol. The molecule has 3 heteroatoms. The minimum Gasteiger partial charge on any atom is -0.411 e. The van der Waals surface area contributed by atoms with Crippen LogP contribution >= 0.6 is 0 Å². The Labute approximate surface area is 141 Å². The molecule has 0 saturated heterocycles. The summed E-state index contributed by atoms with van der Waals surface area (Å²) in [6.07, 6.45) is 14.5. The minimum absolute atomic E-state index is 0.238. The van der Waals surface area contributed by atoms with E-state index in [0.29, 0.717) is 5.71 Å². The van der Waals surface area contributed by atoms with Crippen LogP contribution in [-0.4, -0.2) is 22.6 Å². The topological polar surface area (TPSA) is 52.8 Å². The van der Waals surface area contributed by atoms with Crippen LogP contribution in [0.15, 0.2) is 29.4 Å². The molecule has 3 nitrogen and oxygen atoms in total. The first-order valence-corrected chi connectivity index (χ1v) is 9.23. The summed E-state index contributed by atoms with van der Waals surface area (Å²) in [6.45, 7) is 2.02. The van der Waals surface area contributed by atoms with Gasteiger partial charge >= 0.3 is 0 Å². The zero-order valence-corrected chi connectivity index (χ0v) is 14.6. The Hall–Kier alpha value is -1.35. The van der Waals surface area contributed by atoms with Gasteiger partial charge < -0.3 is 10.3 Å². The van der Waals surface area contributed by atoms with E-state index in [0.717, 1.165) is 12.0 Å². The number of aliphatic hydroxyl groups is 1. The van der Waals surface area contributed by atoms with Crippen molar-refractivity contribution in [3.8, 4) is 0 Å². The SMILES string of the molecule is CCCCCCCCCCCCc1cccc(C(CO)=NO)c1. The number of unbranched alkanes of at least 4 members (excludes halogenated alkanes) is 9. The number of aliphatic hydroxyl groups excluding tert-OH is 1. The Kier molecular flexibility index (Phi) is 11.2. The normalized spacial score (nSPS) is 11.8. The molecule has 0 saturated carbocycles. The molecule has 1 aromatic carbocycles. The second-order valence-corrected chi connectivity index (χ2v) is 6.34. The van der Waals surface area contributed by atoms with Gasteiger partial charge in [0.15, 0.2) is 0 Å². The molecule has 0 aromatic heterocycles. The number of rotatable bonds is 13. The molecular weight excluding hydrogens is 286 g/mol. The molecule has 0 fully saturated rings. The lowest BCUT2D eigenvalue weighted by Crippen LogP contribution is -2.06. The summed E-state index contributed by atoms with van der Waals surface area (Å²) < 4.78 is 0. The summed E-state index contributed by atoms with van der Waals surface area (Å²) in [4.78, 5) is 0. The zero-order chi connectivity index (χ0) is 16.8. The van der Waals surface area contributed by atoms with Crippen molar-refractivity contribution in [2.45, 2.75) is 77.6 Å². The highest BCUT2D eigenvalue weighted by molar-refractivity contribution is 6.01. The minimum atomic E-state index is -0.238. The largest absolute Gasteiger partial charge is 0.411 e. The van der Waals surface area contributed by atoms with Gasteiger partial charge in [-0.3, -0.25) is 0 Å². The van der Waals surface area contributed by atoms with Gasteiger partial charge in [0.05, 0.1) is 6.61 Å². The Bertz CT molecular complexity index is 443. The van der Waals surface area contributed by atoms with Crippen LogP contribution in [0.4, 0.5) is 0 Å². The third kappa shape index (κ3) is 8.75. The molecule has 0 bridgehead atoms. The van der Waals surface area contributed by atoms with Crippen LogP contribution in [0, 0.1) is 0 Å². The van der Waals surface area contributed by atoms with Crippen molar-refractivity contribution in [3.05, 3.63) is 35.4 Å². The molecule has 0 amide bonds. The smallest absolute Gasteiger partial charge is 0.112 e. The number of oxime groups is 1. The second-order valence-electron chi connectivity index (χ2n) is 6.34. The molecule has 130 valence electrons. The highest BCUT2D eigenvalue weighted by Crippen LogP contribution is 2.13. The fourth-order valence-corrected chi connectivity index (χ4v) is 2.90. The fraction of sp³-hybridized carbons (Fsp3) is 0.650. The molecule has 0 spiro atoms. The maximum Gasteiger partial charge on any atom is 0.112 e. The summed E-state index contributed by atoms with van der Waals surface area (Å²) in [5, 5.41) is 21.1. The Morgan fingerprint density at radius 1 is 0.913 bits per heavy atom. The molecule has 0 radical (unpaired) electrons. The van der Waals surface area contributed by atoms with Gasteiger partial charge in [-0.25, -0.2) is 0 Å². The van der Waals surface area contributed by atoms with Crippen LogP contribution in [0.5, 0.6) is 0 Å². The number of aryl methyl sites for hydroxylation is 1. The van der Waals surface area contributed by atoms with E-state index < -0.39 is 0 Å². The second kappa shape index (κ2) is 13.1. The molecule has 2 N–H and O–H groups in total. The summed E-state index contributed by atoms with van der Waals surface area (Å²) in [6, 6.07) is 7.94. The lowest BCUT2D eigenvalue weighted by atomic mass is 10.0. The third-order valence-electron chi connectivity index (χ3n) is 4.35. The van der Waals surface area contributed by atoms with Gasteiger partial charge in [0, 0.05) is 5.56 Å². The van der Waals surface area contributed by atoms with E-state index >= 15 is 0 Å². The number of hydrogen-bond acceptors (Lipinski definition) is 3. The zero-order valence-electron chi connectivity index (χ0n) is 14.6. The van der Waals surface area contributed by atoms with Gasteiger partial charge in [0.25, 0.3) is 0 Å². The van der Waals surface area contributed by atoms with Gasteiger partial charge in [0.1, 0.15) is 5.71 Å². The van der Waals surface area contributed by atoms with E-state index in [1.165, 1.54) is 69.8 Å². The molecule has 0 aliphatic carbocycles. The molecule has 0 aliphatic heterocycles. The Morgan fingerprint density at radius 2 is 1.52 bits per heavy atom. The van der Waals surface area contributed by atoms with Crippen molar-refractivity contribution in [1.29, 1.82) is 0 Å². The predicted molar refractivity (Wildman–Crippen MR) is 97.4 cm³/mol. The molecule has 23 heavy (non-hydrogen) atoms. The van der Waals surface area contributed by atoms with Gasteiger partial charge in [-0.15, -0.1) is 0 Å². The fourth-order valence-electron chi connectivity index (χ4n) is 2.90. The summed E-state index contributed by atoms with van der Waals surface area (Å²) in [7, 11) is 0. The van der Waals surface area contributed by atoms with E-state index in [-0.39, 0.29) is 6.61 Å². The lowest BCUT2D eigenvalue weighted by Gasteiger charge is -2.06. The first-order valence-electron chi connectivity index (χ1n) is 9.23. The van der Waals surface area contributed by atoms with Gasteiger partial charge in [-0.1, -0.05) is 88.1 Å². The molecular formula is C20H33NO2. The van der Waals surface area contributed by atoms with Gasteiger partial charge in [-0.05, 0) is 24.5 Å². The van der Waals surface area contributed by atoms with Crippen molar-refractivity contribution in [1.82, 2.24) is 0 Å². The van der Waals surface area contributed by atoms with E-state index in [1.807, 2.05) is 18.2 Å². The number of benzene rings is 1. The van der Waals surface area contributed by atoms with Gasteiger partial charge in [-0.2, -0.15) is 0 Å². The lowest BCUT2D eigenvalue weighted by molar-refractivity contribution is 0.304. The van der Waals surface area contributed by atoms with Crippen molar-refractivity contribution in [3.63, 3.8) is 0 Å². The third-order valence-corrected chi connectivity index (χ3v) is 4.35. The van der Waals surface area contributed by atoms with Gasteiger partial charge in [0.2, 0.25) is 0 Å². The first-order chi connectivity index (χ1) is 11.3. The van der Waals surface area contributed by atoms with Crippen LogP contribution in [0.25, 0.3) is 0 Å². The van der Waals surface area contributed by atoms with E-state index in [2.05, 4.69) is 18.1 Å². The predicted octanol–water partition coefficient (Wildman–Crippen LogP) is 5.32. The van der Waals surface area contributed by atoms with Crippen molar-refractivity contribution < 1.29 is 10.3 Å². The Morgan fingerprint density at radius 3 is 2.09 bits per heavy atom. The molecule has 1 aromatic rings. The summed E-state index contributed by atoms with van der Waals surface area (Å²) in [5.41, 5.74) is 2.38. The van der Waals surface area contributed by atoms with E-state index in [4.69, 9.17) is 10.3 Å². The molecule has 0 aliphatic rings. The summed E-state index contributed by atoms with van der Waals surface area (Å²) >= 11 is 0. The highest BCUT2D eigenvalue weighted by Gasteiger charge is 2.03. The quantitative estimate of drug-likeness (QED) is 0.224. The molecule has 0 unspecified atom stereocenters. The van der Waals surface area contributed by atoms with Crippen LogP contribution in [0.2, 0.25) is 0 Å². The van der Waals surface area contributed by atoms with Crippen molar-refractivity contribution >= 4 is 5.71 Å². The van der Waals surface area contributed by atoms with E-state index in [9.17, 15) is 0 Å². The molecule has 0 heterocycles. The number of nitrogens with zero attached hydrogens (tertiary/aromatic N) is 1. The highest BCUT2D eigenvalue weighted by atomic mass is 16.4. The van der Waals surface area contributed by atoms with Crippen LogP contribution in [0.3, 0.4) is 0 Å². The maximum absolute atomic E-state index is 9.14. The van der Waals surface area contributed by atoms with Crippen LogP contribution < -0.4 is 0 Å². The average Bonchev–Trinajstić information content (AvgIpc) is 2.58. The molecule has 0 atom stereocenters. The first kappa shape index (κ1) is 19.7. The Balaban J connectivity index is 2.13.